The second-order valence-electron chi connectivity index (χ2n) is 8.94. The zero-order chi connectivity index (χ0) is 26.1. The molecule has 0 saturated heterocycles. The number of carbonyl (C=O) groups excluding carboxylic acids is 1. The minimum Gasteiger partial charge on any atom is -0.497 e. The highest BCUT2D eigenvalue weighted by Crippen LogP contribution is 2.39. The van der Waals surface area contributed by atoms with E-state index < -0.39 is 6.04 Å². The van der Waals surface area contributed by atoms with Crippen LogP contribution in [0.1, 0.15) is 38.9 Å². The number of hydrogen-bond donors (Lipinski definition) is 0. The Kier molecular flexibility index (Phi) is 6.76. The van der Waals surface area contributed by atoms with Crippen LogP contribution in [0.5, 0.6) is 11.5 Å². The first-order valence-electron chi connectivity index (χ1n) is 12.0. The molecule has 0 radical (unpaired) electrons. The number of amides is 1. The van der Waals surface area contributed by atoms with Gasteiger partial charge >= 0.3 is 0 Å². The third-order valence-electron chi connectivity index (χ3n) is 6.59. The summed E-state index contributed by atoms with van der Waals surface area (Å²) in [5, 5.41) is 0.819. The van der Waals surface area contributed by atoms with E-state index in [1.54, 1.807) is 30.2 Å². The molecule has 5 rings (SSSR count). The Morgan fingerprint density at radius 3 is 2.59 bits per heavy atom. The molecule has 3 aromatic carbocycles. The Morgan fingerprint density at radius 1 is 1.08 bits per heavy atom. The Labute approximate surface area is 219 Å². The average Bonchev–Trinajstić information content (AvgIpc) is 3.19. The molecule has 37 heavy (non-hydrogen) atoms. The van der Waals surface area contributed by atoms with Gasteiger partial charge in [0.2, 0.25) is 5.76 Å². The van der Waals surface area contributed by atoms with Crippen LogP contribution in [0.4, 0.5) is 0 Å². The lowest BCUT2D eigenvalue weighted by Crippen LogP contribution is -2.31. The van der Waals surface area contributed by atoms with Crippen LogP contribution in [0.3, 0.4) is 0 Å². The molecular formula is C30H26ClNO5. The molecule has 188 valence electrons. The topological polar surface area (TPSA) is 69.0 Å². The Balaban J connectivity index is 1.61. The van der Waals surface area contributed by atoms with Crippen molar-refractivity contribution in [2.75, 3.05) is 20.3 Å². The molecule has 0 spiro atoms. The molecule has 1 aromatic heterocycles. The van der Waals surface area contributed by atoms with E-state index in [4.69, 9.17) is 25.5 Å². The fraction of sp³-hybridized carbons (Fsp3) is 0.200. The summed E-state index contributed by atoms with van der Waals surface area (Å²) in [5.74, 6) is 1.13. The van der Waals surface area contributed by atoms with Crippen molar-refractivity contribution in [2.24, 2.45) is 0 Å². The average molecular weight is 516 g/mol. The second-order valence-corrected chi connectivity index (χ2v) is 9.35. The molecule has 1 unspecified atom stereocenters. The van der Waals surface area contributed by atoms with Crippen LogP contribution in [0.15, 0.2) is 82.5 Å². The zero-order valence-electron chi connectivity index (χ0n) is 20.6. The molecule has 1 atom stereocenters. The summed E-state index contributed by atoms with van der Waals surface area (Å²) < 4.78 is 17.1. The minimum atomic E-state index is -0.631. The molecule has 4 aromatic rings. The first kappa shape index (κ1) is 24.7. The standard InChI is InChI=1S/C30H26ClNO5/c1-4-14-36-22-7-5-6-20(16-22)27-26-28(33)23-17-24(31)18(2)15-25(23)37-29(26)30(34)32(27)13-12-19-8-10-21(35-3)11-9-19/h4-11,15-17,27H,1,12-14H2,2-3H3. The largest absolute Gasteiger partial charge is 0.497 e. The van der Waals surface area contributed by atoms with Gasteiger partial charge < -0.3 is 18.8 Å². The predicted molar refractivity (Wildman–Crippen MR) is 144 cm³/mol. The van der Waals surface area contributed by atoms with Crippen molar-refractivity contribution in [3.8, 4) is 11.5 Å². The van der Waals surface area contributed by atoms with E-state index in [9.17, 15) is 9.59 Å². The number of aryl methyl sites for hydroxylation is 1. The highest BCUT2D eigenvalue weighted by molar-refractivity contribution is 6.32. The zero-order valence-corrected chi connectivity index (χ0v) is 21.4. The van der Waals surface area contributed by atoms with Gasteiger partial charge in [-0.25, -0.2) is 0 Å². The van der Waals surface area contributed by atoms with Crippen molar-refractivity contribution in [3.63, 3.8) is 0 Å². The van der Waals surface area contributed by atoms with E-state index >= 15 is 0 Å². The normalized spacial score (nSPS) is 14.6. The number of rotatable bonds is 8. The summed E-state index contributed by atoms with van der Waals surface area (Å²) in [6.07, 6.45) is 2.25. The van der Waals surface area contributed by atoms with E-state index in [0.717, 1.165) is 22.4 Å². The van der Waals surface area contributed by atoms with Gasteiger partial charge in [-0.05, 0) is 66.4 Å². The highest BCUT2D eigenvalue weighted by atomic mass is 35.5. The molecule has 0 saturated carbocycles. The molecule has 0 fully saturated rings. The van der Waals surface area contributed by atoms with E-state index in [0.29, 0.717) is 46.9 Å². The monoisotopic (exact) mass is 515 g/mol. The van der Waals surface area contributed by atoms with Crippen LogP contribution in [-0.4, -0.2) is 31.1 Å². The van der Waals surface area contributed by atoms with Gasteiger partial charge in [-0.3, -0.25) is 9.59 Å². The van der Waals surface area contributed by atoms with Crippen LogP contribution in [-0.2, 0) is 6.42 Å². The molecular weight excluding hydrogens is 490 g/mol. The summed E-state index contributed by atoms with van der Waals surface area (Å²) in [5.41, 5.74) is 2.96. The first-order valence-corrected chi connectivity index (χ1v) is 12.3. The molecule has 0 bridgehead atoms. The van der Waals surface area contributed by atoms with Crippen LogP contribution in [0.25, 0.3) is 11.0 Å². The number of halogens is 1. The van der Waals surface area contributed by atoms with Gasteiger partial charge in [-0.2, -0.15) is 0 Å². The third-order valence-corrected chi connectivity index (χ3v) is 7.00. The maximum atomic E-state index is 13.8. The van der Waals surface area contributed by atoms with Crippen LogP contribution < -0.4 is 14.9 Å². The number of nitrogens with zero attached hydrogens (tertiary/aromatic N) is 1. The summed E-state index contributed by atoms with van der Waals surface area (Å²) in [4.78, 5) is 29.2. The number of carbonyl (C=O) groups is 1. The molecule has 1 aliphatic rings. The van der Waals surface area contributed by atoms with E-state index in [1.807, 2.05) is 55.5 Å². The van der Waals surface area contributed by atoms with E-state index in [2.05, 4.69) is 6.58 Å². The maximum absolute atomic E-state index is 13.8. The summed E-state index contributed by atoms with van der Waals surface area (Å²) in [6, 6.07) is 17.8. The highest BCUT2D eigenvalue weighted by Gasteiger charge is 2.42. The molecule has 0 N–H and O–H groups in total. The molecule has 7 heteroatoms. The summed E-state index contributed by atoms with van der Waals surface area (Å²) >= 11 is 6.34. The van der Waals surface area contributed by atoms with Gasteiger partial charge in [0.15, 0.2) is 5.43 Å². The maximum Gasteiger partial charge on any atom is 0.290 e. The molecule has 1 amide bonds. The van der Waals surface area contributed by atoms with Crippen molar-refractivity contribution in [3.05, 3.63) is 117 Å². The van der Waals surface area contributed by atoms with Crippen molar-refractivity contribution >= 4 is 28.5 Å². The lowest BCUT2D eigenvalue weighted by Gasteiger charge is -2.25. The van der Waals surface area contributed by atoms with Crippen LogP contribution in [0.2, 0.25) is 5.02 Å². The van der Waals surface area contributed by atoms with E-state index in [-0.39, 0.29) is 17.1 Å². The number of hydrogen-bond acceptors (Lipinski definition) is 5. The quantitative estimate of drug-likeness (QED) is 0.265. The van der Waals surface area contributed by atoms with Gasteiger partial charge in [-0.1, -0.05) is 48.5 Å². The molecule has 6 nitrogen and oxygen atoms in total. The van der Waals surface area contributed by atoms with Crippen molar-refractivity contribution in [1.29, 1.82) is 0 Å². The number of ether oxygens (including phenoxy) is 2. The second kappa shape index (κ2) is 10.1. The smallest absolute Gasteiger partial charge is 0.290 e. The fourth-order valence-electron chi connectivity index (χ4n) is 4.69. The van der Waals surface area contributed by atoms with Crippen LogP contribution >= 0.6 is 11.6 Å². The minimum absolute atomic E-state index is 0.0661. The fourth-order valence-corrected chi connectivity index (χ4v) is 4.85. The molecule has 2 heterocycles. The summed E-state index contributed by atoms with van der Waals surface area (Å²) in [6.45, 7) is 6.25. The van der Waals surface area contributed by atoms with Crippen molar-refractivity contribution in [1.82, 2.24) is 4.90 Å². The predicted octanol–water partition coefficient (Wildman–Crippen LogP) is 6.12. The SMILES string of the molecule is C=CCOc1cccc(C2c3c(oc4cc(C)c(Cl)cc4c3=O)C(=O)N2CCc2ccc(OC)cc2)c1. The lowest BCUT2D eigenvalue weighted by molar-refractivity contribution is 0.0730. The Bertz CT molecular complexity index is 1560. The van der Waals surface area contributed by atoms with Crippen molar-refractivity contribution < 1.29 is 18.7 Å². The third kappa shape index (κ3) is 4.60. The first-order chi connectivity index (χ1) is 17.9. The Morgan fingerprint density at radius 2 is 1.86 bits per heavy atom. The van der Waals surface area contributed by atoms with Gasteiger partial charge in [0, 0.05) is 11.6 Å². The van der Waals surface area contributed by atoms with Gasteiger partial charge in [0.1, 0.15) is 23.7 Å². The van der Waals surface area contributed by atoms with Crippen LogP contribution in [0, 0.1) is 6.92 Å². The van der Waals surface area contributed by atoms with Gasteiger partial charge in [-0.15, -0.1) is 0 Å². The summed E-state index contributed by atoms with van der Waals surface area (Å²) in [7, 11) is 1.62. The van der Waals surface area contributed by atoms with Crippen molar-refractivity contribution in [2.45, 2.75) is 19.4 Å². The lowest BCUT2D eigenvalue weighted by atomic mass is 9.97. The number of methoxy groups -OCH3 is 1. The van der Waals surface area contributed by atoms with Gasteiger partial charge in [0.05, 0.1) is 24.1 Å². The Hall–Kier alpha value is -4.03. The molecule has 0 aliphatic carbocycles. The van der Waals surface area contributed by atoms with E-state index in [1.165, 1.54) is 0 Å². The van der Waals surface area contributed by atoms with Gasteiger partial charge in [0.25, 0.3) is 5.91 Å². The molecule has 1 aliphatic heterocycles. The number of fused-ring (bicyclic) bond motifs is 2. The number of benzene rings is 3.